The molecule has 2 aliphatic rings. The summed E-state index contributed by atoms with van der Waals surface area (Å²) in [5, 5.41) is 0. The van der Waals surface area contributed by atoms with Crippen LogP contribution in [0, 0.1) is 0 Å². The molecule has 0 aliphatic carbocycles. The molecule has 0 spiro atoms. The van der Waals surface area contributed by atoms with Gasteiger partial charge in [-0.2, -0.15) is 0 Å². The topological polar surface area (TPSA) is 23.6 Å². The summed E-state index contributed by atoms with van der Waals surface area (Å²) in [6.07, 6.45) is 6.81. The number of hydrogen-bond donors (Lipinski definition) is 0. The third kappa shape index (κ3) is 2.76. The number of hydrogen-bond acceptors (Lipinski definition) is 2. The summed E-state index contributed by atoms with van der Waals surface area (Å²) in [6.45, 7) is 6.62. The molecule has 2 heterocycles. The highest BCUT2D eigenvalue weighted by Crippen LogP contribution is 2.21. The van der Waals surface area contributed by atoms with E-state index < -0.39 is 0 Å². The Kier molecular flexibility index (Phi) is 4.22. The maximum absolute atomic E-state index is 11.9. The van der Waals surface area contributed by atoms with Gasteiger partial charge in [0.2, 0.25) is 5.91 Å². The summed E-state index contributed by atoms with van der Waals surface area (Å²) in [6, 6.07) is 0.660. The Morgan fingerprint density at radius 1 is 1.25 bits per heavy atom. The molecule has 0 aromatic rings. The Balaban J connectivity index is 1.76. The van der Waals surface area contributed by atoms with Crippen LogP contribution >= 0.6 is 0 Å². The maximum atomic E-state index is 11.9. The largest absolute Gasteiger partial charge is 0.341 e. The van der Waals surface area contributed by atoms with Gasteiger partial charge in [-0.15, -0.1) is 0 Å². The molecule has 1 amide bonds. The van der Waals surface area contributed by atoms with Gasteiger partial charge in [0, 0.05) is 25.6 Å². The van der Waals surface area contributed by atoms with Crippen molar-refractivity contribution in [1.82, 2.24) is 9.80 Å². The van der Waals surface area contributed by atoms with E-state index in [9.17, 15) is 4.79 Å². The molecule has 2 rings (SSSR count). The molecule has 92 valence electrons. The van der Waals surface area contributed by atoms with Gasteiger partial charge in [0.05, 0.1) is 0 Å². The van der Waals surface area contributed by atoms with E-state index in [2.05, 4.69) is 16.7 Å². The van der Waals surface area contributed by atoms with Crippen molar-refractivity contribution < 1.29 is 4.79 Å². The van der Waals surface area contributed by atoms with Crippen LogP contribution in [0.15, 0.2) is 0 Å². The Labute approximate surface area is 98.8 Å². The van der Waals surface area contributed by atoms with E-state index in [-0.39, 0.29) is 0 Å². The van der Waals surface area contributed by atoms with Gasteiger partial charge in [0.25, 0.3) is 0 Å². The average Bonchev–Trinajstić information content (AvgIpc) is 2.94. The van der Waals surface area contributed by atoms with Crippen LogP contribution in [-0.2, 0) is 4.79 Å². The molecule has 16 heavy (non-hydrogen) atoms. The predicted molar refractivity (Wildman–Crippen MR) is 65.3 cm³/mol. The first-order valence-electron chi connectivity index (χ1n) is 6.83. The van der Waals surface area contributed by atoms with Crippen LogP contribution in [0.3, 0.4) is 0 Å². The van der Waals surface area contributed by atoms with Crippen LogP contribution < -0.4 is 0 Å². The highest BCUT2D eigenvalue weighted by molar-refractivity contribution is 5.76. The lowest BCUT2D eigenvalue weighted by Crippen LogP contribution is -2.37. The van der Waals surface area contributed by atoms with Gasteiger partial charge in [0.15, 0.2) is 0 Å². The predicted octanol–water partition coefficient (Wildman–Crippen LogP) is 1.87. The summed E-state index contributed by atoms with van der Waals surface area (Å²) in [4.78, 5) is 16.5. The third-order valence-electron chi connectivity index (χ3n) is 3.92. The lowest BCUT2D eigenvalue weighted by atomic mass is 10.2. The van der Waals surface area contributed by atoms with E-state index in [1.807, 2.05) is 0 Å². The first kappa shape index (κ1) is 11.9. The lowest BCUT2D eigenvalue weighted by Gasteiger charge is -2.23. The molecular weight excluding hydrogens is 200 g/mol. The number of likely N-dealkylation sites (tertiary alicyclic amines) is 2. The van der Waals surface area contributed by atoms with Crippen LogP contribution in [0.2, 0.25) is 0 Å². The van der Waals surface area contributed by atoms with Crippen molar-refractivity contribution in [2.45, 2.75) is 51.5 Å². The van der Waals surface area contributed by atoms with Gasteiger partial charge >= 0.3 is 0 Å². The molecule has 1 unspecified atom stereocenters. The second kappa shape index (κ2) is 5.67. The van der Waals surface area contributed by atoms with Crippen molar-refractivity contribution in [3.05, 3.63) is 0 Å². The van der Waals surface area contributed by atoms with Crippen molar-refractivity contribution in [2.24, 2.45) is 0 Å². The minimum atomic E-state index is 0.378. The SMILES string of the molecule is CCCCC(=O)N1CCC(N2CCCC2)C1. The molecular formula is C13H24N2O. The van der Waals surface area contributed by atoms with Gasteiger partial charge in [-0.05, 0) is 38.8 Å². The second-order valence-electron chi connectivity index (χ2n) is 5.13. The van der Waals surface area contributed by atoms with Crippen LogP contribution in [0.5, 0.6) is 0 Å². The summed E-state index contributed by atoms with van der Waals surface area (Å²) in [7, 11) is 0. The minimum Gasteiger partial charge on any atom is -0.341 e. The highest BCUT2D eigenvalue weighted by Gasteiger charge is 2.30. The average molecular weight is 224 g/mol. The zero-order chi connectivity index (χ0) is 11.4. The molecule has 0 N–H and O–H groups in total. The first-order valence-corrected chi connectivity index (χ1v) is 6.83. The minimum absolute atomic E-state index is 0.378. The van der Waals surface area contributed by atoms with E-state index >= 15 is 0 Å². The quantitative estimate of drug-likeness (QED) is 0.728. The molecule has 2 saturated heterocycles. The van der Waals surface area contributed by atoms with Gasteiger partial charge < -0.3 is 4.90 Å². The van der Waals surface area contributed by atoms with E-state index in [0.29, 0.717) is 11.9 Å². The van der Waals surface area contributed by atoms with E-state index in [4.69, 9.17) is 0 Å². The fourth-order valence-electron chi connectivity index (χ4n) is 2.86. The Morgan fingerprint density at radius 3 is 2.69 bits per heavy atom. The van der Waals surface area contributed by atoms with E-state index in [0.717, 1.165) is 32.4 Å². The van der Waals surface area contributed by atoms with Crippen molar-refractivity contribution in [3.63, 3.8) is 0 Å². The molecule has 0 aromatic heterocycles. The number of rotatable bonds is 4. The monoisotopic (exact) mass is 224 g/mol. The summed E-state index contributed by atoms with van der Waals surface area (Å²) >= 11 is 0. The Hall–Kier alpha value is -0.570. The fraction of sp³-hybridized carbons (Fsp3) is 0.923. The van der Waals surface area contributed by atoms with E-state index in [1.165, 1.54) is 32.4 Å². The van der Waals surface area contributed by atoms with Crippen LogP contribution in [-0.4, -0.2) is 47.9 Å². The molecule has 3 heteroatoms. The number of amides is 1. The second-order valence-corrected chi connectivity index (χ2v) is 5.13. The van der Waals surface area contributed by atoms with Crippen LogP contribution in [0.4, 0.5) is 0 Å². The van der Waals surface area contributed by atoms with Crippen LogP contribution in [0.1, 0.15) is 45.4 Å². The molecule has 2 aliphatic heterocycles. The smallest absolute Gasteiger partial charge is 0.222 e. The van der Waals surface area contributed by atoms with Gasteiger partial charge in [-0.1, -0.05) is 13.3 Å². The lowest BCUT2D eigenvalue weighted by molar-refractivity contribution is -0.130. The Morgan fingerprint density at radius 2 is 2.00 bits per heavy atom. The zero-order valence-corrected chi connectivity index (χ0v) is 10.5. The normalized spacial score (nSPS) is 26.6. The van der Waals surface area contributed by atoms with Crippen LogP contribution in [0.25, 0.3) is 0 Å². The van der Waals surface area contributed by atoms with Gasteiger partial charge in [0.1, 0.15) is 0 Å². The number of carbonyl (C=O) groups excluding carboxylic acids is 1. The van der Waals surface area contributed by atoms with E-state index in [1.54, 1.807) is 0 Å². The summed E-state index contributed by atoms with van der Waals surface area (Å²) < 4.78 is 0. The highest BCUT2D eigenvalue weighted by atomic mass is 16.2. The summed E-state index contributed by atoms with van der Waals surface area (Å²) in [5.41, 5.74) is 0. The summed E-state index contributed by atoms with van der Waals surface area (Å²) in [5.74, 6) is 0.378. The third-order valence-corrected chi connectivity index (χ3v) is 3.92. The molecule has 3 nitrogen and oxygen atoms in total. The molecule has 0 bridgehead atoms. The zero-order valence-electron chi connectivity index (χ0n) is 10.5. The molecule has 0 radical (unpaired) electrons. The van der Waals surface area contributed by atoms with Crippen molar-refractivity contribution in [3.8, 4) is 0 Å². The molecule has 1 atom stereocenters. The van der Waals surface area contributed by atoms with Crippen molar-refractivity contribution in [1.29, 1.82) is 0 Å². The molecule has 0 aromatic carbocycles. The molecule has 2 fully saturated rings. The number of carbonyl (C=O) groups is 1. The number of unbranched alkanes of at least 4 members (excludes halogenated alkanes) is 1. The van der Waals surface area contributed by atoms with Crippen molar-refractivity contribution >= 4 is 5.91 Å². The molecule has 0 saturated carbocycles. The van der Waals surface area contributed by atoms with Crippen molar-refractivity contribution in [2.75, 3.05) is 26.2 Å². The van der Waals surface area contributed by atoms with Gasteiger partial charge in [-0.3, -0.25) is 9.69 Å². The van der Waals surface area contributed by atoms with Gasteiger partial charge in [-0.25, -0.2) is 0 Å². The standard InChI is InChI=1S/C13H24N2O/c1-2-3-6-13(16)15-10-7-12(11-15)14-8-4-5-9-14/h12H,2-11H2,1H3. The number of nitrogens with zero attached hydrogens (tertiary/aromatic N) is 2. The fourth-order valence-corrected chi connectivity index (χ4v) is 2.86. The Bertz CT molecular complexity index is 236. The first-order chi connectivity index (χ1) is 7.81. The maximum Gasteiger partial charge on any atom is 0.222 e.